The molecule has 124 valence electrons. The van der Waals surface area contributed by atoms with Crippen LogP contribution in [0.4, 0.5) is 0 Å². The maximum absolute atomic E-state index is 12.2. The third-order valence-electron chi connectivity index (χ3n) is 4.08. The van der Waals surface area contributed by atoms with Crippen LogP contribution in [0.3, 0.4) is 0 Å². The largest absolute Gasteiger partial charge is 0.348 e. The third-order valence-corrected chi connectivity index (χ3v) is 4.33. The van der Waals surface area contributed by atoms with E-state index in [2.05, 4.69) is 4.98 Å². The predicted octanol–water partition coefficient (Wildman–Crippen LogP) is 3.57. The lowest BCUT2D eigenvalue weighted by Gasteiger charge is -2.08. The fourth-order valence-corrected chi connectivity index (χ4v) is 2.96. The van der Waals surface area contributed by atoms with E-state index in [1.807, 2.05) is 59.1 Å². The number of halogens is 1. The van der Waals surface area contributed by atoms with Gasteiger partial charge in [0, 0.05) is 28.7 Å². The zero-order valence-electron chi connectivity index (χ0n) is 13.6. The highest BCUT2D eigenvalue weighted by Crippen LogP contribution is 2.26. The first-order chi connectivity index (χ1) is 12.1. The molecule has 0 fully saturated rings. The molecule has 0 bridgehead atoms. The van der Waals surface area contributed by atoms with Gasteiger partial charge in [0.15, 0.2) is 0 Å². The van der Waals surface area contributed by atoms with Crippen molar-refractivity contribution in [1.82, 2.24) is 18.9 Å². The number of hydrogen-bond donors (Lipinski definition) is 0. The number of nitrogens with zero attached hydrogens (tertiary/aromatic N) is 4. The summed E-state index contributed by atoms with van der Waals surface area (Å²) in [5, 5.41) is 0.674. The highest BCUT2D eigenvalue weighted by molar-refractivity contribution is 6.30. The molecule has 3 aromatic heterocycles. The van der Waals surface area contributed by atoms with E-state index in [0.29, 0.717) is 17.3 Å². The van der Waals surface area contributed by atoms with Crippen molar-refractivity contribution in [2.75, 3.05) is 0 Å². The Labute approximate surface area is 149 Å². The summed E-state index contributed by atoms with van der Waals surface area (Å²) < 4.78 is 3.58. The van der Waals surface area contributed by atoms with E-state index in [1.165, 1.54) is 0 Å². The second kappa shape index (κ2) is 6.18. The van der Waals surface area contributed by atoms with E-state index in [4.69, 9.17) is 16.6 Å². The molecule has 0 unspecified atom stereocenters. The molecule has 0 aliphatic heterocycles. The van der Waals surface area contributed by atoms with Gasteiger partial charge < -0.3 is 4.40 Å². The second-order valence-corrected chi connectivity index (χ2v) is 6.26. The Morgan fingerprint density at radius 2 is 1.80 bits per heavy atom. The Morgan fingerprint density at radius 1 is 1.00 bits per heavy atom. The molecule has 4 rings (SSSR count). The lowest BCUT2D eigenvalue weighted by molar-refractivity contribution is 0.702. The van der Waals surface area contributed by atoms with Crippen LogP contribution in [0, 0.1) is 6.92 Å². The number of fused-ring (bicyclic) bond motifs is 1. The van der Waals surface area contributed by atoms with Crippen molar-refractivity contribution in [2.24, 2.45) is 0 Å². The van der Waals surface area contributed by atoms with Gasteiger partial charge in [-0.2, -0.15) is 4.98 Å². The van der Waals surface area contributed by atoms with Crippen molar-refractivity contribution in [3.8, 4) is 11.3 Å². The average Bonchev–Trinajstić information content (AvgIpc) is 2.97. The predicted molar refractivity (Wildman–Crippen MR) is 98.0 cm³/mol. The lowest BCUT2D eigenvalue weighted by atomic mass is 10.1. The highest BCUT2D eigenvalue weighted by Gasteiger charge is 2.15. The maximum atomic E-state index is 12.2. The minimum atomic E-state index is -0.270. The van der Waals surface area contributed by atoms with Gasteiger partial charge in [0.25, 0.3) is 0 Å². The van der Waals surface area contributed by atoms with Crippen LogP contribution in [-0.2, 0) is 6.54 Å². The molecule has 4 aromatic rings. The summed E-state index contributed by atoms with van der Waals surface area (Å²) in [6.45, 7) is 2.19. The van der Waals surface area contributed by atoms with Crippen molar-refractivity contribution in [3.63, 3.8) is 0 Å². The minimum Gasteiger partial charge on any atom is -0.302 e. The van der Waals surface area contributed by atoms with Gasteiger partial charge in [-0.15, -0.1) is 0 Å². The Hall–Kier alpha value is -2.92. The fourth-order valence-electron chi connectivity index (χ4n) is 2.83. The van der Waals surface area contributed by atoms with Crippen LogP contribution in [0.15, 0.2) is 65.7 Å². The quantitative estimate of drug-likeness (QED) is 0.567. The number of benzene rings is 1. The molecule has 0 atom stereocenters. The molecule has 0 saturated heterocycles. The standard InChI is InChI=1S/C19H15ClN4O/c1-13-9-11-23(19(25)21-13)12-16-18(14-5-7-15(20)8-6-14)22-17-4-2-3-10-24(16)17/h2-11H,12H2,1H3. The van der Waals surface area contributed by atoms with Crippen LogP contribution < -0.4 is 5.69 Å². The molecule has 5 nitrogen and oxygen atoms in total. The maximum Gasteiger partial charge on any atom is 0.348 e. The zero-order chi connectivity index (χ0) is 17.4. The van der Waals surface area contributed by atoms with E-state index >= 15 is 0 Å². The minimum absolute atomic E-state index is 0.270. The fraction of sp³-hybridized carbons (Fsp3) is 0.105. The molecule has 1 aromatic carbocycles. The lowest BCUT2D eigenvalue weighted by Crippen LogP contribution is -2.24. The first kappa shape index (κ1) is 15.6. The van der Waals surface area contributed by atoms with E-state index in [0.717, 1.165) is 22.6 Å². The summed E-state index contributed by atoms with van der Waals surface area (Å²) in [7, 11) is 0. The molecule has 0 amide bonds. The number of pyridine rings is 1. The van der Waals surface area contributed by atoms with Gasteiger partial charge >= 0.3 is 5.69 Å². The van der Waals surface area contributed by atoms with E-state index < -0.39 is 0 Å². The highest BCUT2D eigenvalue weighted by atomic mass is 35.5. The Kier molecular flexibility index (Phi) is 3.86. The van der Waals surface area contributed by atoms with Gasteiger partial charge in [0.05, 0.1) is 17.9 Å². The molecule has 3 heterocycles. The molecule has 0 aliphatic rings. The zero-order valence-corrected chi connectivity index (χ0v) is 14.3. The van der Waals surface area contributed by atoms with E-state index in [1.54, 1.807) is 17.7 Å². The molecule has 0 aliphatic carbocycles. The van der Waals surface area contributed by atoms with Gasteiger partial charge in [0.2, 0.25) is 0 Å². The summed E-state index contributed by atoms with van der Waals surface area (Å²) in [6, 6.07) is 15.2. The summed E-state index contributed by atoms with van der Waals surface area (Å²) in [6.07, 6.45) is 3.71. The first-order valence-corrected chi connectivity index (χ1v) is 8.25. The topological polar surface area (TPSA) is 52.2 Å². The van der Waals surface area contributed by atoms with Crippen LogP contribution >= 0.6 is 11.6 Å². The number of hydrogen-bond acceptors (Lipinski definition) is 3. The molecule has 0 N–H and O–H groups in total. The third kappa shape index (κ3) is 2.94. The monoisotopic (exact) mass is 350 g/mol. The SMILES string of the molecule is Cc1ccn(Cc2c(-c3ccc(Cl)cc3)nc3ccccn23)c(=O)n1. The summed E-state index contributed by atoms with van der Waals surface area (Å²) in [5.41, 5.74) is 3.97. The molecule has 25 heavy (non-hydrogen) atoms. The molecule has 0 spiro atoms. The van der Waals surface area contributed by atoms with Crippen molar-refractivity contribution < 1.29 is 0 Å². The van der Waals surface area contributed by atoms with Crippen LogP contribution in [-0.4, -0.2) is 18.9 Å². The van der Waals surface area contributed by atoms with Gasteiger partial charge in [-0.3, -0.25) is 4.57 Å². The number of rotatable bonds is 3. The van der Waals surface area contributed by atoms with Crippen molar-refractivity contribution in [2.45, 2.75) is 13.5 Å². The Bertz CT molecular complexity index is 1110. The molecular weight excluding hydrogens is 336 g/mol. The van der Waals surface area contributed by atoms with Crippen molar-refractivity contribution >= 4 is 17.2 Å². The van der Waals surface area contributed by atoms with Crippen LogP contribution in [0.25, 0.3) is 16.9 Å². The number of imidazole rings is 1. The summed E-state index contributed by atoms with van der Waals surface area (Å²) in [4.78, 5) is 20.9. The van der Waals surface area contributed by atoms with Crippen molar-refractivity contribution in [3.05, 3.63) is 87.8 Å². The molecule has 0 saturated carbocycles. The average molecular weight is 351 g/mol. The van der Waals surface area contributed by atoms with Crippen LogP contribution in [0.2, 0.25) is 5.02 Å². The second-order valence-electron chi connectivity index (χ2n) is 5.82. The molecule has 6 heteroatoms. The summed E-state index contributed by atoms with van der Waals surface area (Å²) >= 11 is 6.00. The van der Waals surface area contributed by atoms with Crippen molar-refractivity contribution in [1.29, 1.82) is 0 Å². The van der Waals surface area contributed by atoms with Gasteiger partial charge in [-0.1, -0.05) is 29.8 Å². The van der Waals surface area contributed by atoms with Crippen LogP contribution in [0.5, 0.6) is 0 Å². The first-order valence-electron chi connectivity index (χ1n) is 7.88. The van der Waals surface area contributed by atoms with Crippen LogP contribution in [0.1, 0.15) is 11.4 Å². The molecule has 0 radical (unpaired) electrons. The van der Waals surface area contributed by atoms with E-state index in [-0.39, 0.29) is 5.69 Å². The normalized spacial score (nSPS) is 11.1. The summed E-state index contributed by atoms with van der Waals surface area (Å²) in [5.74, 6) is 0. The number of aromatic nitrogens is 4. The van der Waals surface area contributed by atoms with Gasteiger partial charge in [-0.05, 0) is 37.3 Å². The van der Waals surface area contributed by atoms with Gasteiger partial charge in [0.1, 0.15) is 5.65 Å². The Morgan fingerprint density at radius 3 is 2.56 bits per heavy atom. The van der Waals surface area contributed by atoms with Gasteiger partial charge in [-0.25, -0.2) is 9.78 Å². The van der Waals surface area contributed by atoms with E-state index in [9.17, 15) is 4.79 Å². The number of aryl methyl sites for hydroxylation is 1. The smallest absolute Gasteiger partial charge is 0.302 e. The Balaban J connectivity index is 1.90. The molecular formula is C19H15ClN4O.